The van der Waals surface area contributed by atoms with E-state index in [2.05, 4.69) is 15.0 Å². The van der Waals surface area contributed by atoms with Gasteiger partial charge in [0.2, 0.25) is 0 Å². The molecule has 0 aliphatic rings. The highest BCUT2D eigenvalue weighted by Crippen LogP contribution is 2.26. The number of fused-ring (bicyclic) bond motifs is 1. The monoisotopic (exact) mass is 342 g/mol. The van der Waals surface area contributed by atoms with Gasteiger partial charge in [-0.2, -0.15) is 0 Å². The number of anilines is 1. The van der Waals surface area contributed by atoms with Crippen molar-refractivity contribution in [1.82, 2.24) is 4.98 Å². The average molecular weight is 342 g/mol. The van der Waals surface area contributed by atoms with Crippen LogP contribution in [0.1, 0.15) is 21.6 Å². The Labute approximate surface area is 143 Å². The standard InChI is InChI=1S/C19H16F2N2O2/c1-10-4-5-17-12(6-10)7-14(11(2)22-17)19(24)23-13-8-15(20)18(25-3)16(21)9-13/h4-9H,1-3H3,(H,23,24). The molecule has 0 bridgehead atoms. The molecule has 1 aromatic heterocycles. The summed E-state index contributed by atoms with van der Waals surface area (Å²) in [5.74, 6) is -2.75. The summed E-state index contributed by atoms with van der Waals surface area (Å²) >= 11 is 0. The van der Waals surface area contributed by atoms with Crippen LogP contribution in [0.4, 0.5) is 14.5 Å². The highest BCUT2D eigenvalue weighted by atomic mass is 19.1. The quantitative estimate of drug-likeness (QED) is 0.768. The normalized spacial score (nSPS) is 10.8. The lowest BCUT2D eigenvalue weighted by atomic mass is 10.1. The molecule has 3 aromatic rings. The van der Waals surface area contributed by atoms with Gasteiger partial charge >= 0.3 is 0 Å². The Morgan fingerprint density at radius 3 is 2.40 bits per heavy atom. The van der Waals surface area contributed by atoms with Gasteiger partial charge in [-0.3, -0.25) is 9.78 Å². The van der Waals surface area contributed by atoms with Crippen molar-refractivity contribution >= 4 is 22.5 Å². The third-order valence-corrected chi connectivity index (χ3v) is 3.87. The zero-order chi connectivity index (χ0) is 18.1. The van der Waals surface area contributed by atoms with Crippen molar-refractivity contribution in [3.05, 3.63) is 64.9 Å². The van der Waals surface area contributed by atoms with Gasteiger partial charge in [0.1, 0.15) is 0 Å². The summed E-state index contributed by atoms with van der Waals surface area (Å²) < 4.78 is 32.2. The molecule has 0 fully saturated rings. The van der Waals surface area contributed by atoms with Crippen molar-refractivity contribution in [2.75, 3.05) is 12.4 Å². The molecule has 0 aliphatic carbocycles. The van der Waals surface area contributed by atoms with Crippen LogP contribution in [0.5, 0.6) is 5.75 Å². The van der Waals surface area contributed by atoms with Crippen LogP contribution < -0.4 is 10.1 Å². The van der Waals surface area contributed by atoms with Gasteiger partial charge in [0.15, 0.2) is 17.4 Å². The van der Waals surface area contributed by atoms with Gasteiger partial charge < -0.3 is 10.1 Å². The molecule has 2 aromatic carbocycles. The van der Waals surface area contributed by atoms with E-state index in [1.165, 1.54) is 7.11 Å². The number of carbonyl (C=O) groups is 1. The van der Waals surface area contributed by atoms with E-state index >= 15 is 0 Å². The summed E-state index contributed by atoms with van der Waals surface area (Å²) in [6, 6.07) is 9.48. The number of halogens is 2. The van der Waals surface area contributed by atoms with Crippen LogP contribution in [0.3, 0.4) is 0 Å². The molecular weight excluding hydrogens is 326 g/mol. The van der Waals surface area contributed by atoms with E-state index in [0.29, 0.717) is 11.3 Å². The third-order valence-electron chi connectivity index (χ3n) is 3.87. The maximum absolute atomic E-state index is 13.8. The lowest BCUT2D eigenvalue weighted by Crippen LogP contribution is -2.14. The number of nitrogens with one attached hydrogen (secondary N) is 1. The van der Waals surface area contributed by atoms with E-state index in [9.17, 15) is 13.6 Å². The van der Waals surface area contributed by atoms with E-state index in [0.717, 1.165) is 28.6 Å². The van der Waals surface area contributed by atoms with E-state index in [1.54, 1.807) is 13.0 Å². The SMILES string of the molecule is COc1c(F)cc(NC(=O)c2cc3cc(C)ccc3nc2C)cc1F. The molecule has 6 heteroatoms. The van der Waals surface area contributed by atoms with E-state index in [1.807, 2.05) is 25.1 Å². The first-order chi connectivity index (χ1) is 11.9. The van der Waals surface area contributed by atoms with Crippen molar-refractivity contribution in [2.45, 2.75) is 13.8 Å². The summed E-state index contributed by atoms with van der Waals surface area (Å²) in [5, 5.41) is 3.32. The average Bonchev–Trinajstić information content (AvgIpc) is 2.54. The molecule has 3 rings (SSSR count). The number of carbonyl (C=O) groups excluding carboxylic acids is 1. The Hall–Kier alpha value is -3.02. The number of benzene rings is 2. The van der Waals surface area contributed by atoms with Gasteiger partial charge in [0.25, 0.3) is 5.91 Å². The van der Waals surface area contributed by atoms with Crippen LogP contribution in [0.25, 0.3) is 10.9 Å². The number of amides is 1. The molecule has 1 N–H and O–H groups in total. The molecular formula is C19H16F2N2O2. The fourth-order valence-corrected chi connectivity index (χ4v) is 2.65. The van der Waals surface area contributed by atoms with Gasteiger partial charge in [0, 0.05) is 23.2 Å². The Morgan fingerprint density at radius 1 is 1.08 bits per heavy atom. The largest absolute Gasteiger partial charge is 0.491 e. The number of methoxy groups -OCH3 is 1. The van der Waals surface area contributed by atoms with Crippen LogP contribution in [0, 0.1) is 25.5 Å². The summed E-state index contributed by atoms with van der Waals surface area (Å²) in [4.78, 5) is 16.9. The van der Waals surface area contributed by atoms with Crippen LogP contribution in [0.15, 0.2) is 36.4 Å². The second-order valence-electron chi connectivity index (χ2n) is 5.74. The van der Waals surface area contributed by atoms with Gasteiger partial charge in [-0.15, -0.1) is 0 Å². The number of aromatic nitrogens is 1. The number of nitrogens with zero attached hydrogens (tertiary/aromatic N) is 1. The van der Waals surface area contributed by atoms with Crippen LogP contribution in [-0.2, 0) is 0 Å². The summed E-state index contributed by atoms with van der Waals surface area (Å²) in [6.45, 7) is 3.66. The van der Waals surface area contributed by atoms with Crippen molar-refractivity contribution in [3.63, 3.8) is 0 Å². The predicted molar refractivity (Wildman–Crippen MR) is 92.1 cm³/mol. The molecule has 0 spiro atoms. The van der Waals surface area contributed by atoms with E-state index in [-0.39, 0.29) is 5.69 Å². The molecule has 1 heterocycles. The van der Waals surface area contributed by atoms with Gasteiger partial charge in [-0.1, -0.05) is 11.6 Å². The first-order valence-electron chi connectivity index (χ1n) is 7.61. The Bertz CT molecular complexity index is 964. The number of pyridine rings is 1. The molecule has 0 saturated carbocycles. The molecule has 0 saturated heterocycles. The van der Waals surface area contributed by atoms with Crippen molar-refractivity contribution in [1.29, 1.82) is 0 Å². The molecule has 0 aliphatic heterocycles. The van der Waals surface area contributed by atoms with Gasteiger partial charge in [-0.25, -0.2) is 8.78 Å². The predicted octanol–water partition coefficient (Wildman–Crippen LogP) is 4.39. The lowest BCUT2D eigenvalue weighted by Gasteiger charge is -2.11. The molecule has 4 nitrogen and oxygen atoms in total. The zero-order valence-corrected chi connectivity index (χ0v) is 14.0. The molecule has 25 heavy (non-hydrogen) atoms. The van der Waals surface area contributed by atoms with Crippen molar-refractivity contribution < 1.29 is 18.3 Å². The summed E-state index contributed by atoms with van der Waals surface area (Å²) in [7, 11) is 1.17. The highest BCUT2D eigenvalue weighted by molar-refractivity contribution is 6.06. The zero-order valence-electron chi connectivity index (χ0n) is 14.0. The van der Waals surface area contributed by atoms with Crippen molar-refractivity contribution in [3.8, 4) is 5.75 Å². The van der Waals surface area contributed by atoms with Crippen LogP contribution in [-0.4, -0.2) is 18.0 Å². The van der Waals surface area contributed by atoms with Crippen LogP contribution in [0.2, 0.25) is 0 Å². The second-order valence-corrected chi connectivity index (χ2v) is 5.74. The topological polar surface area (TPSA) is 51.2 Å². The molecule has 128 valence electrons. The number of hydrogen-bond donors (Lipinski definition) is 1. The Kier molecular flexibility index (Phi) is 4.35. The summed E-state index contributed by atoms with van der Waals surface area (Å²) in [5.41, 5.74) is 2.70. The maximum Gasteiger partial charge on any atom is 0.257 e. The third kappa shape index (κ3) is 3.28. The molecule has 1 amide bonds. The number of aryl methyl sites for hydroxylation is 2. The molecule has 0 atom stereocenters. The van der Waals surface area contributed by atoms with Crippen LogP contribution >= 0.6 is 0 Å². The number of ether oxygens (including phenoxy) is 1. The van der Waals surface area contributed by atoms with Crippen molar-refractivity contribution in [2.24, 2.45) is 0 Å². The first-order valence-corrected chi connectivity index (χ1v) is 7.61. The smallest absolute Gasteiger partial charge is 0.257 e. The van der Waals surface area contributed by atoms with E-state index in [4.69, 9.17) is 0 Å². The minimum absolute atomic E-state index is 0.00420. The summed E-state index contributed by atoms with van der Waals surface area (Å²) in [6.07, 6.45) is 0. The molecule has 0 radical (unpaired) electrons. The minimum atomic E-state index is -0.887. The Balaban J connectivity index is 1.96. The van der Waals surface area contributed by atoms with Gasteiger partial charge in [0.05, 0.1) is 23.9 Å². The minimum Gasteiger partial charge on any atom is -0.491 e. The van der Waals surface area contributed by atoms with E-state index < -0.39 is 23.3 Å². The fourth-order valence-electron chi connectivity index (χ4n) is 2.65. The second kappa shape index (κ2) is 6.47. The molecule has 0 unspecified atom stereocenters. The maximum atomic E-state index is 13.8. The lowest BCUT2D eigenvalue weighted by molar-refractivity contribution is 0.102. The van der Waals surface area contributed by atoms with Gasteiger partial charge in [-0.05, 0) is 32.0 Å². The fraction of sp³-hybridized carbons (Fsp3) is 0.158. The number of rotatable bonds is 3. The number of hydrogen-bond acceptors (Lipinski definition) is 3. The first kappa shape index (κ1) is 16.8. The Morgan fingerprint density at radius 2 is 1.76 bits per heavy atom. The highest BCUT2D eigenvalue weighted by Gasteiger charge is 2.16.